The molecule has 0 amide bonds. The molecule has 3 unspecified atom stereocenters. The first-order valence-corrected chi connectivity index (χ1v) is 6.89. The van der Waals surface area contributed by atoms with E-state index in [0.717, 1.165) is 13.1 Å². The van der Waals surface area contributed by atoms with Crippen molar-refractivity contribution in [3.8, 4) is 0 Å². The molecule has 2 N–H and O–H groups in total. The monoisotopic (exact) mass is 258 g/mol. The molecule has 0 fully saturated rings. The quantitative estimate of drug-likeness (QED) is 0.677. The lowest BCUT2D eigenvalue weighted by molar-refractivity contribution is -0.147. The Balaban J connectivity index is 4.51. The molecular weight excluding hydrogens is 228 g/mol. The fraction of sp³-hybridized carbons (Fsp3) is 0.929. The summed E-state index contributed by atoms with van der Waals surface area (Å²) >= 11 is 0. The van der Waals surface area contributed by atoms with Crippen LogP contribution in [0.1, 0.15) is 47.5 Å². The second-order valence-corrected chi connectivity index (χ2v) is 5.56. The Bertz CT molecular complexity index is 254. The van der Waals surface area contributed by atoms with Gasteiger partial charge in [-0.2, -0.15) is 0 Å². The van der Waals surface area contributed by atoms with Crippen molar-refractivity contribution in [2.45, 2.75) is 59.0 Å². The maximum atomic E-state index is 11.6. The summed E-state index contributed by atoms with van der Waals surface area (Å²) in [4.78, 5) is 14.0. The summed E-state index contributed by atoms with van der Waals surface area (Å²) in [7, 11) is 1.38. The number of nitrogens with zero attached hydrogens (tertiary/aromatic N) is 1. The van der Waals surface area contributed by atoms with Crippen molar-refractivity contribution in [2.24, 2.45) is 11.7 Å². The fourth-order valence-corrected chi connectivity index (χ4v) is 2.21. The first-order chi connectivity index (χ1) is 8.28. The summed E-state index contributed by atoms with van der Waals surface area (Å²) in [6, 6.07) is 0.276. The molecule has 3 atom stereocenters. The molecule has 0 saturated carbocycles. The van der Waals surface area contributed by atoms with Gasteiger partial charge in [-0.1, -0.05) is 27.2 Å². The number of hydrogen-bond donors (Lipinski definition) is 1. The van der Waals surface area contributed by atoms with Crippen LogP contribution in [0.3, 0.4) is 0 Å². The molecule has 108 valence electrons. The van der Waals surface area contributed by atoms with Crippen LogP contribution in [0.2, 0.25) is 0 Å². The highest BCUT2D eigenvalue weighted by molar-refractivity contribution is 5.79. The van der Waals surface area contributed by atoms with Gasteiger partial charge in [-0.05, 0) is 32.7 Å². The van der Waals surface area contributed by atoms with Gasteiger partial charge in [-0.15, -0.1) is 0 Å². The van der Waals surface area contributed by atoms with Crippen LogP contribution in [0.15, 0.2) is 0 Å². The third kappa shape index (κ3) is 5.36. The highest BCUT2D eigenvalue weighted by Crippen LogP contribution is 2.17. The van der Waals surface area contributed by atoms with Crippen LogP contribution < -0.4 is 5.73 Å². The SMILES string of the molecule is CCC(C)CN(CC)C(C)CC(C)(N)C(=O)OC. The lowest BCUT2D eigenvalue weighted by Crippen LogP contribution is -2.51. The fourth-order valence-electron chi connectivity index (χ4n) is 2.21. The smallest absolute Gasteiger partial charge is 0.325 e. The molecule has 0 aliphatic heterocycles. The van der Waals surface area contributed by atoms with Crippen molar-refractivity contribution >= 4 is 5.97 Å². The summed E-state index contributed by atoms with van der Waals surface area (Å²) in [5.74, 6) is 0.323. The van der Waals surface area contributed by atoms with Crippen LogP contribution in [0.5, 0.6) is 0 Å². The van der Waals surface area contributed by atoms with E-state index in [1.807, 2.05) is 0 Å². The molecular formula is C14H30N2O2. The predicted molar refractivity (Wildman–Crippen MR) is 75.4 cm³/mol. The number of rotatable bonds is 8. The van der Waals surface area contributed by atoms with Gasteiger partial charge in [-0.3, -0.25) is 4.79 Å². The number of methoxy groups -OCH3 is 1. The topological polar surface area (TPSA) is 55.6 Å². The average Bonchev–Trinajstić information content (AvgIpc) is 2.33. The summed E-state index contributed by atoms with van der Waals surface area (Å²) in [6.07, 6.45) is 1.78. The zero-order chi connectivity index (χ0) is 14.3. The molecule has 0 aromatic heterocycles. The highest BCUT2D eigenvalue weighted by atomic mass is 16.5. The number of esters is 1. The molecule has 0 heterocycles. The first-order valence-electron chi connectivity index (χ1n) is 6.89. The average molecular weight is 258 g/mol. The Labute approximate surface area is 112 Å². The van der Waals surface area contributed by atoms with Crippen LogP contribution in [0.25, 0.3) is 0 Å². The standard InChI is InChI=1S/C14H30N2O2/c1-7-11(3)10-16(8-2)12(4)9-14(5,15)13(17)18-6/h11-12H,7-10,15H2,1-6H3. The first kappa shape index (κ1) is 17.4. The van der Waals surface area contributed by atoms with Gasteiger partial charge >= 0.3 is 5.97 Å². The van der Waals surface area contributed by atoms with Crippen molar-refractivity contribution in [3.63, 3.8) is 0 Å². The van der Waals surface area contributed by atoms with Crippen LogP contribution in [0.4, 0.5) is 0 Å². The zero-order valence-electron chi connectivity index (χ0n) is 12.8. The largest absolute Gasteiger partial charge is 0.468 e. The molecule has 0 rings (SSSR count). The Hall–Kier alpha value is -0.610. The van der Waals surface area contributed by atoms with E-state index in [4.69, 9.17) is 10.5 Å². The number of ether oxygens (including phenoxy) is 1. The third-order valence-electron chi connectivity index (χ3n) is 3.64. The van der Waals surface area contributed by atoms with Gasteiger partial charge in [-0.25, -0.2) is 0 Å². The molecule has 0 aromatic carbocycles. The van der Waals surface area contributed by atoms with E-state index in [1.165, 1.54) is 13.5 Å². The van der Waals surface area contributed by atoms with E-state index in [-0.39, 0.29) is 12.0 Å². The Kier molecular flexibility index (Phi) is 7.48. The van der Waals surface area contributed by atoms with Gasteiger partial charge in [0.25, 0.3) is 0 Å². The zero-order valence-corrected chi connectivity index (χ0v) is 12.8. The molecule has 0 aromatic rings. The van der Waals surface area contributed by atoms with E-state index in [9.17, 15) is 4.79 Å². The van der Waals surface area contributed by atoms with Crippen LogP contribution >= 0.6 is 0 Å². The van der Waals surface area contributed by atoms with Gasteiger partial charge in [0, 0.05) is 12.6 Å². The maximum absolute atomic E-state index is 11.6. The Morgan fingerprint density at radius 2 is 1.94 bits per heavy atom. The molecule has 0 spiro atoms. The van der Waals surface area contributed by atoms with Crippen molar-refractivity contribution in [2.75, 3.05) is 20.2 Å². The van der Waals surface area contributed by atoms with E-state index in [0.29, 0.717) is 12.3 Å². The Morgan fingerprint density at radius 3 is 2.33 bits per heavy atom. The minimum absolute atomic E-state index is 0.276. The predicted octanol–water partition coefficient (Wildman–Crippen LogP) is 2.02. The van der Waals surface area contributed by atoms with Crippen molar-refractivity contribution in [1.82, 2.24) is 4.90 Å². The molecule has 0 saturated heterocycles. The minimum atomic E-state index is -0.906. The van der Waals surface area contributed by atoms with Gasteiger partial charge in [0.05, 0.1) is 7.11 Å². The van der Waals surface area contributed by atoms with E-state index >= 15 is 0 Å². The van der Waals surface area contributed by atoms with Crippen LogP contribution in [0, 0.1) is 5.92 Å². The molecule has 0 bridgehead atoms. The summed E-state index contributed by atoms with van der Waals surface area (Å²) in [5.41, 5.74) is 5.12. The summed E-state index contributed by atoms with van der Waals surface area (Å²) in [6.45, 7) is 12.5. The molecule has 4 nitrogen and oxygen atoms in total. The van der Waals surface area contributed by atoms with Gasteiger partial charge in [0.2, 0.25) is 0 Å². The summed E-state index contributed by atoms with van der Waals surface area (Å²) in [5, 5.41) is 0. The van der Waals surface area contributed by atoms with Gasteiger partial charge in [0.1, 0.15) is 5.54 Å². The van der Waals surface area contributed by atoms with E-state index in [1.54, 1.807) is 6.92 Å². The van der Waals surface area contributed by atoms with Crippen LogP contribution in [-0.4, -0.2) is 42.6 Å². The molecule has 0 aliphatic carbocycles. The van der Waals surface area contributed by atoms with Gasteiger partial charge in [0.15, 0.2) is 0 Å². The summed E-state index contributed by atoms with van der Waals surface area (Å²) < 4.78 is 4.75. The number of carbonyl (C=O) groups is 1. The van der Waals surface area contributed by atoms with Gasteiger partial charge < -0.3 is 15.4 Å². The second kappa shape index (κ2) is 7.74. The van der Waals surface area contributed by atoms with Crippen molar-refractivity contribution in [3.05, 3.63) is 0 Å². The third-order valence-corrected chi connectivity index (χ3v) is 3.64. The lowest BCUT2D eigenvalue weighted by atomic mass is 9.93. The number of nitrogens with two attached hydrogens (primary N) is 1. The highest BCUT2D eigenvalue weighted by Gasteiger charge is 2.32. The maximum Gasteiger partial charge on any atom is 0.325 e. The minimum Gasteiger partial charge on any atom is -0.468 e. The van der Waals surface area contributed by atoms with E-state index in [2.05, 4.69) is 32.6 Å². The normalized spacial score (nSPS) is 18.2. The van der Waals surface area contributed by atoms with Crippen molar-refractivity contribution < 1.29 is 9.53 Å². The molecule has 0 radical (unpaired) electrons. The number of hydrogen-bond acceptors (Lipinski definition) is 4. The molecule has 0 aliphatic rings. The second-order valence-electron chi connectivity index (χ2n) is 5.56. The van der Waals surface area contributed by atoms with Crippen molar-refractivity contribution in [1.29, 1.82) is 0 Å². The number of carbonyl (C=O) groups excluding carboxylic acids is 1. The Morgan fingerprint density at radius 1 is 1.39 bits per heavy atom. The van der Waals surface area contributed by atoms with Crippen LogP contribution in [-0.2, 0) is 9.53 Å². The molecule has 4 heteroatoms. The van der Waals surface area contributed by atoms with E-state index < -0.39 is 5.54 Å². The molecule has 18 heavy (non-hydrogen) atoms. The lowest BCUT2D eigenvalue weighted by Gasteiger charge is -2.34.